The second-order valence-corrected chi connectivity index (χ2v) is 6.81. The van der Waals surface area contributed by atoms with Gasteiger partial charge in [0.1, 0.15) is 5.82 Å². The maximum atomic E-state index is 14.1. The molecule has 2 rings (SSSR count). The summed E-state index contributed by atoms with van der Waals surface area (Å²) in [6.45, 7) is 10.5. The minimum atomic E-state index is -0.476. The first-order valence-corrected chi connectivity index (χ1v) is 7.64. The van der Waals surface area contributed by atoms with E-state index in [1.54, 1.807) is 6.07 Å². The SMILES string of the molecule is CNCC(=Cc1c(C)cccc1F)B1OC(C)(C)C(C)(C)O1. The normalized spacial score (nSPS) is 20.5. The van der Waals surface area contributed by atoms with Crippen molar-refractivity contribution in [1.82, 2.24) is 5.32 Å². The van der Waals surface area contributed by atoms with E-state index in [1.165, 1.54) is 6.07 Å². The Labute approximate surface area is 133 Å². The van der Waals surface area contributed by atoms with Crippen molar-refractivity contribution in [2.24, 2.45) is 0 Å². The van der Waals surface area contributed by atoms with E-state index in [1.807, 2.05) is 53.8 Å². The third-order valence-electron chi connectivity index (χ3n) is 4.54. The van der Waals surface area contributed by atoms with Gasteiger partial charge < -0.3 is 14.6 Å². The standard InChI is InChI=1S/C17H25BFNO2/c1-12-8-7-9-15(19)14(12)10-13(11-20-6)18-21-16(2,3)17(4,5)22-18/h7-10,20H,11H2,1-6H3. The fraction of sp³-hybridized carbons (Fsp3) is 0.529. The van der Waals surface area contributed by atoms with Gasteiger partial charge in [0, 0.05) is 12.1 Å². The van der Waals surface area contributed by atoms with E-state index in [9.17, 15) is 4.39 Å². The third kappa shape index (κ3) is 3.27. The number of halogens is 1. The predicted molar refractivity (Wildman–Crippen MR) is 89.1 cm³/mol. The van der Waals surface area contributed by atoms with Crippen LogP contribution in [0.1, 0.15) is 38.8 Å². The molecule has 0 bridgehead atoms. The molecule has 3 nitrogen and oxygen atoms in total. The summed E-state index contributed by atoms with van der Waals surface area (Å²) in [5, 5.41) is 3.11. The molecule has 22 heavy (non-hydrogen) atoms. The van der Waals surface area contributed by atoms with Crippen LogP contribution in [-0.2, 0) is 9.31 Å². The molecule has 0 saturated carbocycles. The third-order valence-corrected chi connectivity index (χ3v) is 4.54. The zero-order chi connectivity index (χ0) is 16.5. The first kappa shape index (κ1) is 17.2. The van der Waals surface area contributed by atoms with E-state index in [4.69, 9.17) is 9.31 Å². The van der Waals surface area contributed by atoms with Crippen molar-refractivity contribution in [3.8, 4) is 0 Å². The number of likely N-dealkylation sites (N-methyl/N-ethyl adjacent to an activating group) is 1. The molecule has 0 atom stereocenters. The van der Waals surface area contributed by atoms with E-state index < -0.39 is 18.3 Å². The Kier molecular flexibility index (Phi) is 4.80. The molecule has 0 amide bonds. The quantitative estimate of drug-likeness (QED) is 0.865. The van der Waals surface area contributed by atoms with Crippen molar-refractivity contribution >= 4 is 13.2 Å². The van der Waals surface area contributed by atoms with Crippen molar-refractivity contribution in [2.45, 2.75) is 45.8 Å². The number of hydrogen-bond acceptors (Lipinski definition) is 3. The zero-order valence-electron chi connectivity index (χ0n) is 14.3. The maximum Gasteiger partial charge on any atom is 0.491 e. The fourth-order valence-corrected chi connectivity index (χ4v) is 2.41. The van der Waals surface area contributed by atoms with E-state index in [-0.39, 0.29) is 5.82 Å². The van der Waals surface area contributed by atoms with Crippen molar-refractivity contribution in [3.63, 3.8) is 0 Å². The molecule has 1 aromatic carbocycles. The summed E-state index contributed by atoms with van der Waals surface area (Å²) in [7, 11) is 1.38. The Morgan fingerprint density at radius 3 is 2.32 bits per heavy atom. The van der Waals surface area contributed by atoms with Gasteiger partial charge in [0.05, 0.1) is 11.2 Å². The molecule has 1 aromatic rings. The second kappa shape index (κ2) is 6.15. The zero-order valence-corrected chi connectivity index (χ0v) is 14.3. The van der Waals surface area contributed by atoms with Crippen LogP contribution < -0.4 is 5.32 Å². The highest BCUT2D eigenvalue weighted by molar-refractivity contribution is 6.55. The molecule has 0 spiro atoms. The van der Waals surface area contributed by atoms with Gasteiger partial charge in [-0.2, -0.15) is 0 Å². The molecular formula is C17H25BFNO2. The van der Waals surface area contributed by atoms with Gasteiger partial charge in [-0.1, -0.05) is 18.2 Å². The monoisotopic (exact) mass is 305 g/mol. The fourth-order valence-electron chi connectivity index (χ4n) is 2.41. The topological polar surface area (TPSA) is 30.5 Å². The lowest BCUT2D eigenvalue weighted by Crippen LogP contribution is -2.41. The molecule has 1 heterocycles. The summed E-state index contributed by atoms with van der Waals surface area (Å²) in [5.74, 6) is -0.231. The second-order valence-electron chi connectivity index (χ2n) is 6.81. The van der Waals surface area contributed by atoms with Crippen molar-refractivity contribution in [3.05, 3.63) is 40.6 Å². The van der Waals surface area contributed by atoms with Crippen LogP contribution in [0.15, 0.2) is 23.7 Å². The Balaban J connectivity index is 2.38. The number of hydrogen-bond donors (Lipinski definition) is 1. The largest absolute Gasteiger partial charge is 0.491 e. The lowest BCUT2D eigenvalue weighted by Gasteiger charge is -2.32. The molecule has 1 fully saturated rings. The van der Waals surface area contributed by atoms with Crippen LogP contribution >= 0.6 is 0 Å². The van der Waals surface area contributed by atoms with Crippen molar-refractivity contribution < 1.29 is 13.7 Å². The molecule has 1 N–H and O–H groups in total. The van der Waals surface area contributed by atoms with E-state index in [0.717, 1.165) is 11.0 Å². The average molecular weight is 305 g/mol. The lowest BCUT2D eigenvalue weighted by molar-refractivity contribution is 0.00578. The molecule has 1 aliphatic heterocycles. The van der Waals surface area contributed by atoms with Crippen LogP contribution in [0.25, 0.3) is 6.08 Å². The van der Waals surface area contributed by atoms with Gasteiger partial charge in [-0.05, 0) is 58.8 Å². The number of benzene rings is 1. The van der Waals surface area contributed by atoms with Crippen molar-refractivity contribution in [2.75, 3.05) is 13.6 Å². The highest BCUT2D eigenvalue weighted by Gasteiger charge is 2.52. The van der Waals surface area contributed by atoms with Crippen LogP contribution in [0.5, 0.6) is 0 Å². The predicted octanol–water partition coefficient (Wildman–Crippen LogP) is 3.37. The molecule has 0 aromatic heterocycles. The molecule has 1 saturated heterocycles. The Bertz CT molecular complexity index is 548. The molecule has 0 unspecified atom stereocenters. The Hall–Kier alpha value is -1.17. The van der Waals surface area contributed by atoms with Crippen LogP contribution in [-0.4, -0.2) is 31.9 Å². The van der Waals surface area contributed by atoms with Crippen LogP contribution in [0, 0.1) is 12.7 Å². The Morgan fingerprint density at radius 1 is 1.23 bits per heavy atom. The number of nitrogens with one attached hydrogen (secondary N) is 1. The summed E-state index contributed by atoms with van der Waals surface area (Å²) < 4.78 is 26.3. The summed E-state index contributed by atoms with van der Waals surface area (Å²) in [5.41, 5.74) is 1.55. The van der Waals surface area contributed by atoms with Gasteiger partial charge in [-0.25, -0.2) is 4.39 Å². The van der Waals surface area contributed by atoms with Gasteiger partial charge in [0.25, 0.3) is 0 Å². The average Bonchev–Trinajstić information content (AvgIpc) is 2.61. The molecule has 120 valence electrons. The van der Waals surface area contributed by atoms with Crippen molar-refractivity contribution in [1.29, 1.82) is 0 Å². The van der Waals surface area contributed by atoms with Gasteiger partial charge in [0.2, 0.25) is 0 Å². The van der Waals surface area contributed by atoms with Gasteiger partial charge in [-0.15, -0.1) is 0 Å². The number of rotatable bonds is 4. The van der Waals surface area contributed by atoms with Crippen LogP contribution in [0.4, 0.5) is 4.39 Å². The highest BCUT2D eigenvalue weighted by Crippen LogP contribution is 2.38. The minimum Gasteiger partial charge on any atom is -0.400 e. The molecular weight excluding hydrogens is 280 g/mol. The smallest absolute Gasteiger partial charge is 0.400 e. The van der Waals surface area contributed by atoms with Gasteiger partial charge in [-0.3, -0.25) is 0 Å². The minimum absolute atomic E-state index is 0.231. The van der Waals surface area contributed by atoms with E-state index in [0.29, 0.717) is 12.1 Å². The Morgan fingerprint density at radius 2 is 1.82 bits per heavy atom. The van der Waals surface area contributed by atoms with Gasteiger partial charge >= 0.3 is 7.12 Å². The number of aryl methyl sites for hydroxylation is 1. The lowest BCUT2D eigenvalue weighted by atomic mass is 9.76. The van der Waals surface area contributed by atoms with E-state index in [2.05, 4.69) is 5.32 Å². The summed E-state index contributed by atoms with van der Waals surface area (Å²) in [4.78, 5) is 0. The van der Waals surface area contributed by atoms with E-state index >= 15 is 0 Å². The molecule has 1 aliphatic rings. The maximum absolute atomic E-state index is 14.1. The van der Waals surface area contributed by atoms with Crippen LogP contribution in [0.3, 0.4) is 0 Å². The highest BCUT2D eigenvalue weighted by atomic mass is 19.1. The molecule has 0 radical (unpaired) electrons. The van der Waals surface area contributed by atoms with Crippen LogP contribution in [0.2, 0.25) is 0 Å². The first-order chi connectivity index (χ1) is 10.2. The summed E-state index contributed by atoms with van der Waals surface area (Å²) in [6, 6.07) is 5.09. The molecule has 5 heteroatoms. The summed E-state index contributed by atoms with van der Waals surface area (Å²) >= 11 is 0. The first-order valence-electron chi connectivity index (χ1n) is 7.64. The van der Waals surface area contributed by atoms with Gasteiger partial charge in [0.15, 0.2) is 0 Å². The summed E-state index contributed by atoms with van der Waals surface area (Å²) in [6.07, 6.45) is 1.84. The molecule has 0 aliphatic carbocycles.